The molecule has 0 fully saturated rings. The summed E-state index contributed by atoms with van der Waals surface area (Å²) in [4.78, 5) is 19.2. The van der Waals surface area contributed by atoms with Gasteiger partial charge in [0.15, 0.2) is 0 Å². The minimum atomic E-state index is -4.44. The topological polar surface area (TPSA) is 129 Å². The third-order valence-electron chi connectivity index (χ3n) is 1.58. The van der Waals surface area contributed by atoms with Crippen LogP contribution in [0.2, 0.25) is 0 Å². The Kier molecular flexibility index (Phi) is 6.43. The second-order valence-corrected chi connectivity index (χ2v) is 7.41. The first-order valence-electron chi connectivity index (χ1n) is 4.42. The molecule has 0 radical (unpaired) electrons. The number of carboxylic acids is 2. The van der Waals surface area contributed by atoms with Crippen LogP contribution in [0.1, 0.15) is 17.3 Å². The van der Waals surface area contributed by atoms with Crippen LogP contribution >= 0.6 is 0 Å². The summed E-state index contributed by atoms with van der Waals surface area (Å²) in [5.74, 6) is -2.19. The normalized spacial score (nSPS) is 10.2. The Bertz CT molecular complexity index is 560. The van der Waals surface area contributed by atoms with Gasteiger partial charge in [0.25, 0.3) is 5.97 Å². The van der Waals surface area contributed by atoms with Crippen LogP contribution < -0.4 is 3.07 Å². The summed E-state index contributed by atoms with van der Waals surface area (Å²) in [7, 11) is -4.44. The number of hydrogen-bond donors (Lipinski definition) is 3. The van der Waals surface area contributed by atoms with Gasteiger partial charge in [-0.1, -0.05) is 0 Å². The molecule has 0 saturated heterocycles. The molecule has 0 atom stereocenters. The fourth-order valence-electron chi connectivity index (χ4n) is 1.06. The van der Waals surface area contributed by atoms with Crippen molar-refractivity contribution in [2.24, 2.45) is 0 Å². The van der Waals surface area contributed by atoms with E-state index in [2.05, 4.69) is 0 Å². The van der Waals surface area contributed by atoms with Crippen LogP contribution in [-0.4, -0.2) is 35.1 Å². The molecule has 1 rings (SSSR count). The fraction of sp³-hybridized carbons (Fsp3) is 0.111. The maximum absolute atomic E-state index is 10.9. The number of aromatic carboxylic acids is 1. The van der Waals surface area contributed by atoms with Gasteiger partial charge in [-0.25, -0.2) is 0 Å². The Labute approximate surface area is 119 Å². The number of carbonyl (C=O) groups is 2. The van der Waals surface area contributed by atoms with Crippen LogP contribution in [0.3, 0.4) is 0 Å². The van der Waals surface area contributed by atoms with Crippen LogP contribution in [0.25, 0.3) is 0 Å². The van der Waals surface area contributed by atoms with Gasteiger partial charge in [0.2, 0.25) is 0 Å². The molecule has 9 heteroatoms. The molecule has 0 amide bonds. The Hall–Kier alpha value is -0.995. The van der Waals surface area contributed by atoms with Gasteiger partial charge in [0, 0.05) is 6.92 Å². The molecule has 1 aromatic carbocycles. The molecule has 1 aromatic rings. The van der Waals surface area contributed by atoms with Crippen LogP contribution in [0, 0.1) is 0 Å². The molecule has 95 valence electrons. The first-order valence-corrected chi connectivity index (χ1v) is 8.61. The molecule has 0 bridgehead atoms. The molecule has 0 saturated carbocycles. The molecule has 0 aliphatic carbocycles. The van der Waals surface area contributed by atoms with Crippen molar-refractivity contribution < 1.29 is 58.9 Å². The molecule has 0 aliphatic rings. The molecule has 0 heterocycles. The van der Waals surface area contributed by atoms with E-state index in [0.29, 0.717) is 3.07 Å². The monoisotopic (exact) mass is 463 g/mol. The van der Waals surface area contributed by atoms with E-state index >= 15 is 0 Å². The molecule has 0 spiro atoms. The van der Waals surface area contributed by atoms with Crippen molar-refractivity contribution in [3.8, 4) is 0 Å². The van der Waals surface area contributed by atoms with E-state index in [1.807, 2.05) is 0 Å². The van der Waals surface area contributed by atoms with E-state index in [-0.39, 0.29) is 31.7 Å². The van der Waals surface area contributed by atoms with Crippen molar-refractivity contribution in [3.63, 3.8) is 0 Å². The Morgan fingerprint density at radius 3 is 1.94 bits per heavy atom. The van der Waals surface area contributed by atoms with Gasteiger partial charge in [0.1, 0.15) is 0 Å². The zero-order valence-corrected chi connectivity index (χ0v) is 15.6. The second kappa shape index (κ2) is 6.81. The van der Waals surface area contributed by atoms with Crippen molar-refractivity contribution in [1.82, 2.24) is 0 Å². The number of rotatable bonds is 2. The predicted octanol–water partition coefficient (Wildman–Crippen LogP) is -0.105. The first kappa shape index (κ1) is 17.0. The maximum atomic E-state index is 10.9. The SMILES string of the molecule is CC(=O)O.O=C(O)c1ccc[c]([Hg])c1S(=O)(=O)O. The van der Waals surface area contributed by atoms with Crippen molar-refractivity contribution in [1.29, 1.82) is 0 Å². The minimum absolute atomic E-state index is 0.0774. The number of aliphatic carboxylic acids is 1. The first-order chi connectivity index (χ1) is 8.07. The zero-order chi connectivity index (χ0) is 14.5. The molecule has 0 aromatic heterocycles. The summed E-state index contributed by atoms with van der Waals surface area (Å²) in [6, 6.07) is 4.11. The molecular weight excluding hydrogens is 453 g/mol. The van der Waals surface area contributed by atoms with Crippen molar-refractivity contribution in [2.45, 2.75) is 11.8 Å². The Morgan fingerprint density at radius 2 is 1.67 bits per heavy atom. The molecule has 0 unspecified atom stereocenters. The number of benzene rings is 1. The average molecular weight is 462 g/mol. The van der Waals surface area contributed by atoms with Crippen LogP contribution in [0.5, 0.6) is 0 Å². The van der Waals surface area contributed by atoms with E-state index in [9.17, 15) is 13.2 Å². The van der Waals surface area contributed by atoms with Crippen molar-refractivity contribution in [2.75, 3.05) is 0 Å². The van der Waals surface area contributed by atoms with E-state index < -0.39 is 27.0 Å². The van der Waals surface area contributed by atoms with Gasteiger partial charge in [-0.2, -0.15) is 0 Å². The predicted molar refractivity (Wildman–Crippen MR) is 56.2 cm³/mol. The number of hydrogen-bond acceptors (Lipinski definition) is 4. The van der Waals surface area contributed by atoms with E-state index in [1.54, 1.807) is 0 Å². The molecule has 3 N–H and O–H groups in total. The van der Waals surface area contributed by atoms with Crippen molar-refractivity contribution in [3.05, 3.63) is 23.8 Å². The molecular formula is C9H9HgO7S. The van der Waals surface area contributed by atoms with Gasteiger partial charge in [-0.15, -0.1) is 0 Å². The summed E-state index contributed by atoms with van der Waals surface area (Å²) in [5, 5.41) is 16.1. The quantitative estimate of drug-likeness (QED) is 0.414. The van der Waals surface area contributed by atoms with Gasteiger partial charge >= 0.3 is 96.8 Å². The van der Waals surface area contributed by atoms with Crippen molar-refractivity contribution >= 4 is 25.1 Å². The van der Waals surface area contributed by atoms with Gasteiger partial charge in [-0.3, -0.25) is 4.79 Å². The standard InChI is InChI=1S/C7H5O5S.C2H4O2.Hg/c8-7(9)5-3-1-2-4-6(5)13(10,11)12;1-2(3)4;/h1-3H,(H,8,9)(H,10,11,12);1H3,(H,3,4);. The average Bonchev–Trinajstić information content (AvgIpc) is 2.14. The van der Waals surface area contributed by atoms with Gasteiger partial charge < -0.3 is 5.11 Å². The summed E-state index contributed by atoms with van der Waals surface area (Å²) in [5.41, 5.74) is -0.375. The van der Waals surface area contributed by atoms with Crippen LogP contribution in [0.4, 0.5) is 0 Å². The van der Waals surface area contributed by atoms with Crippen LogP contribution in [-0.2, 0) is 41.0 Å². The summed E-state index contributed by atoms with van der Waals surface area (Å²) in [6.45, 7) is 1.08. The Balaban J connectivity index is 0.000000631. The van der Waals surface area contributed by atoms with E-state index in [0.717, 1.165) is 13.0 Å². The summed E-state index contributed by atoms with van der Waals surface area (Å²) >= 11 is -0.0774. The third-order valence-corrected chi connectivity index (χ3v) is 5.87. The Morgan fingerprint density at radius 1 is 1.22 bits per heavy atom. The van der Waals surface area contributed by atoms with Gasteiger partial charge in [-0.05, 0) is 0 Å². The van der Waals surface area contributed by atoms with E-state index in [1.165, 1.54) is 12.1 Å². The molecule has 18 heavy (non-hydrogen) atoms. The number of carboxylic acid groups (broad SMARTS) is 2. The summed E-state index contributed by atoms with van der Waals surface area (Å²) < 4.78 is 31.0. The molecule has 7 nitrogen and oxygen atoms in total. The fourth-order valence-corrected chi connectivity index (χ4v) is 5.29. The van der Waals surface area contributed by atoms with Crippen LogP contribution in [0.15, 0.2) is 23.1 Å². The second-order valence-electron chi connectivity index (χ2n) is 3.09. The van der Waals surface area contributed by atoms with Gasteiger partial charge in [0.05, 0.1) is 0 Å². The zero-order valence-electron chi connectivity index (χ0n) is 9.32. The summed E-state index contributed by atoms with van der Waals surface area (Å²) in [6.07, 6.45) is 0. The third kappa shape index (κ3) is 5.56. The molecule has 0 aliphatic heterocycles. The van der Waals surface area contributed by atoms with E-state index in [4.69, 9.17) is 19.6 Å².